The highest BCUT2D eigenvalue weighted by molar-refractivity contribution is 5.85. The third-order valence-corrected chi connectivity index (χ3v) is 4.52. The second kappa shape index (κ2) is 4.53. The van der Waals surface area contributed by atoms with Gasteiger partial charge in [0.05, 0.1) is 11.7 Å². The van der Waals surface area contributed by atoms with Crippen LogP contribution in [0.3, 0.4) is 0 Å². The molecule has 4 heteroatoms. The molecule has 1 heterocycles. The van der Waals surface area contributed by atoms with Crippen molar-refractivity contribution in [2.75, 3.05) is 7.05 Å². The van der Waals surface area contributed by atoms with Crippen LogP contribution in [0.15, 0.2) is 24.3 Å². The van der Waals surface area contributed by atoms with Gasteiger partial charge >= 0.3 is 0 Å². The van der Waals surface area contributed by atoms with Crippen LogP contribution in [-0.4, -0.2) is 34.7 Å². The van der Waals surface area contributed by atoms with Gasteiger partial charge in [-0.25, -0.2) is 0 Å². The van der Waals surface area contributed by atoms with Crippen molar-refractivity contribution in [1.82, 2.24) is 10.2 Å². The molecule has 1 aliphatic heterocycles. The SMILES string of the molecule is CN1C(=O)[C@H](Cc2ccc(O)cc2)NC12CCCC2. The van der Waals surface area contributed by atoms with Crippen molar-refractivity contribution in [3.8, 4) is 5.75 Å². The van der Waals surface area contributed by atoms with Crippen LogP contribution in [0, 0.1) is 0 Å². The van der Waals surface area contributed by atoms with E-state index in [4.69, 9.17) is 0 Å². The van der Waals surface area contributed by atoms with Crippen LogP contribution >= 0.6 is 0 Å². The second-order valence-electron chi connectivity index (χ2n) is 5.70. The van der Waals surface area contributed by atoms with Gasteiger partial charge in [-0.3, -0.25) is 10.1 Å². The molecule has 19 heavy (non-hydrogen) atoms. The molecule has 4 nitrogen and oxygen atoms in total. The van der Waals surface area contributed by atoms with E-state index in [0.29, 0.717) is 6.42 Å². The maximum atomic E-state index is 12.4. The lowest BCUT2D eigenvalue weighted by Crippen LogP contribution is -2.48. The lowest BCUT2D eigenvalue weighted by molar-refractivity contribution is -0.130. The third kappa shape index (κ3) is 2.10. The van der Waals surface area contributed by atoms with Crippen LogP contribution in [0.5, 0.6) is 5.75 Å². The number of hydrogen-bond donors (Lipinski definition) is 2. The van der Waals surface area contributed by atoms with Gasteiger partial charge in [0.1, 0.15) is 5.75 Å². The maximum Gasteiger partial charge on any atom is 0.241 e. The molecule has 1 amide bonds. The predicted octanol–water partition coefficient (Wildman–Crippen LogP) is 1.64. The number of nitrogens with one attached hydrogen (secondary N) is 1. The number of benzene rings is 1. The maximum absolute atomic E-state index is 12.4. The van der Waals surface area contributed by atoms with Crippen molar-refractivity contribution < 1.29 is 9.90 Å². The Hall–Kier alpha value is -1.55. The van der Waals surface area contributed by atoms with E-state index in [2.05, 4.69) is 5.32 Å². The standard InChI is InChI=1S/C15H20N2O2/c1-17-14(19)13(16-15(17)8-2-3-9-15)10-11-4-6-12(18)7-5-11/h4-7,13,16,18H,2-3,8-10H2,1H3/t13-/m0/s1. The number of carbonyl (C=O) groups excluding carboxylic acids is 1. The van der Waals surface area contributed by atoms with Gasteiger partial charge in [0.15, 0.2) is 0 Å². The molecule has 1 aromatic rings. The van der Waals surface area contributed by atoms with Gasteiger partial charge in [0.2, 0.25) is 5.91 Å². The fourth-order valence-corrected chi connectivity index (χ4v) is 3.37. The average molecular weight is 260 g/mol. The highest BCUT2D eigenvalue weighted by atomic mass is 16.3. The Morgan fingerprint density at radius 1 is 1.32 bits per heavy atom. The number of nitrogens with zero attached hydrogens (tertiary/aromatic N) is 1. The summed E-state index contributed by atoms with van der Waals surface area (Å²) in [6.07, 6.45) is 5.18. The molecule has 2 N–H and O–H groups in total. The molecule has 2 fully saturated rings. The predicted molar refractivity (Wildman–Crippen MR) is 72.7 cm³/mol. The minimum absolute atomic E-state index is 0.0985. The molecule has 1 saturated carbocycles. The molecule has 102 valence electrons. The zero-order valence-corrected chi connectivity index (χ0v) is 11.2. The Morgan fingerprint density at radius 3 is 2.58 bits per heavy atom. The van der Waals surface area contributed by atoms with Gasteiger partial charge in [-0.1, -0.05) is 12.1 Å². The Morgan fingerprint density at radius 2 is 1.95 bits per heavy atom. The fraction of sp³-hybridized carbons (Fsp3) is 0.533. The van der Waals surface area contributed by atoms with E-state index in [0.717, 1.165) is 18.4 Å². The summed E-state index contributed by atoms with van der Waals surface area (Å²) in [6, 6.07) is 6.97. The number of rotatable bonds is 2. The van der Waals surface area contributed by atoms with Crippen molar-refractivity contribution in [2.45, 2.75) is 43.8 Å². The lowest BCUT2D eigenvalue weighted by atomic mass is 10.1. The summed E-state index contributed by atoms with van der Waals surface area (Å²) >= 11 is 0. The largest absolute Gasteiger partial charge is 0.508 e. The number of amides is 1. The average Bonchev–Trinajstić information content (AvgIpc) is 2.96. The molecular formula is C15H20N2O2. The molecular weight excluding hydrogens is 240 g/mol. The summed E-state index contributed by atoms with van der Waals surface area (Å²) in [7, 11) is 1.91. The molecule has 2 aliphatic rings. The van der Waals surface area contributed by atoms with Crippen LogP contribution in [0.2, 0.25) is 0 Å². The number of carbonyl (C=O) groups is 1. The van der Waals surface area contributed by atoms with Crippen LogP contribution in [0.1, 0.15) is 31.2 Å². The smallest absolute Gasteiger partial charge is 0.241 e. The number of likely N-dealkylation sites (N-methyl/N-ethyl adjacent to an activating group) is 1. The summed E-state index contributed by atoms with van der Waals surface area (Å²) in [4.78, 5) is 14.3. The summed E-state index contributed by atoms with van der Waals surface area (Å²) in [5.74, 6) is 0.453. The quantitative estimate of drug-likeness (QED) is 0.850. The molecule has 0 unspecified atom stereocenters. The minimum atomic E-state index is -0.132. The first-order valence-electron chi connectivity index (χ1n) is 6.94. The van der Waals surface area contributed by atoms with Crippen LogP contribution in [0.25, 0.3) is 0 Å². The van der Waals surface area contributed by atoms with E-state index < -0.39 is 0 Å². The van der Waals surface area contributed by atoms with Crippen molar-refractivity contribution in [1.29, 1.82) is 0 Å². The molecule has 1 aromatic carbocycles. The lowest BCUT2D eigenvalue weighted by Gasteiger charge is -2.31. The molecule has 0 bridgehead atoms. The molecule has 3 rings (SSSR count). The van der Waals surface area contributed by atoms with Crippen LogP contribution in [-0.2, 0) is 11.2 Å². The topological polar surface area (TPSA) is 52.6 Å². The van der Waals surface area contributed by atoms with Crippen molar-refractivity contribution in [3.05, 3.63) is 29.8 Å². The van der Waals surface area contributed by atoms with Crippen molar-refractivity contribution in [3.63, 3.8) is 0 Å². The molecule has 1 saturated heterocycles. The van der Waals surface area contributed by atoms with Gasteiger partial charge in [-0.2, -0.15) is 0 Å². The van der Waals surface area contributed by atoms with E-state index in [1.165, 1.54) is 12.8 Å². The highest BCUT2D eigenvalue weighted by Gasteiger charge is 2.49. The Labute approximate surface area is 113 Å². The first-order valence-corrected chi connectivity index (χ1v) is 6.94. The number of phenolic OH excluding ortho intramolecular Hbond substituents is 1. The van der Waals surface area contributed by atoms with Crippen LogP contribution in [0.4, 0.5) is 0 Å². The summed E-state index contributed by atoms with van der Waals surface area (Å²) in [5, 5.41) is 12.8. The molecule has 1 spiro atoms. The first kappa shape index (κ1) is 12.5. The van der Waals surface area contributed by atoms with Crippen molar-refractivity contribution >= 4 is 5.91 Å². The normalized spacial score (nSPS) is 25.4. The molecule has 0 aromatic heterocycles. The first-order chi connectivity index (χ1) is 9.11. The number of hydrogen-bond acceptors (Lipinski definition) is 3. The van der Waals surface area contributed by atoms with Gasteiger partial charge in [0.25, 0.3) is 0 Å². The van der Waals surface area contributed by atoms with Gasteiger partial charge in [0, 0.05) is 7.05 Å². The minimum Gasteiger partial charge on any atom is -0.508 e. The van der Waals surface area contributed by atoms with E-state index in [1.54, 1.807) is 12.1 Å². The van der Waals surface area contributed by atoms with Crippen LogP contribution < -0.4 is 5.32 Å². The Bertz CT molecular complexity index is 477. The number of aromatic hydroxyl groups is 1. The summed E-state index contributed by atoms with van der Waals surface area (Å²) in [6.45, 7) is 0. The molecule has 1 atom stereocenters. The van der Waals surface area contributed by atoms with E-state index in [1.807, 2.05) is 24.1 Å². The Kier molecular flexibility index (Phi) is 2.97. The third-order valence-electron chi connectivity index (χ3n) is 4.52. The zero-order chi connectivity index (χ0) is 13.5. The Balaban J connectivity index is 1.75. The number of phenols is 1. The van der Waals surface area contributed by atoms with Gasteiger partial charge < -0.3 is 10.0 Å². The van der Waals surface area contributed by atoms with Gasteiger partial charge in [-0.15, -0.1) is 0 Å². The second-order valence-corrected chi connectivity index (χ2v) is 5.70. The molecule has 1 aliphatic carbocycles. The fourth-order valence-electron chi connectivity index (χ4n) is 3.37. The highest BCUT2D eigenvalue weighted by Crippen LogP contribution is 2.36. The monoisotopic (exact) mass is 260 g/mol. The molecule has 0 radical (unpaired) electrons. The van der Waals surface area contributed by atoms with Crippen molar-refractivity contribution in [2.24, 2.45) is 0 Å². The van der Waals surface area contributed by atoms with E-state index in [9.17, 15) is 9.90 Å². The summed E-state index contributed by atoms with van der Waals surface area (Å²) in [5.41, 5.74) is 0.977. The zero-order valence-electron chi connectivity index (χ0n) is 11.2. The van der Waals surface area contributed by atoms with E-state index in [-0.39, 0.29) is 23.4 Å². The van der Waals surface area contributed by atoms with E-state index >= 15 is 0 Å². The summed E-state index contributed by atoms with van der Waals surface area (Å²) < 4.78 is 0. The van der Waals surface area contributed by atoms with Gasteiger partial charge in [-0.05, 0) is 49.8 Å².